The summed E-state index contributed by atoms with van der Waals surface area (Å²) in [5, 5.41) is 4.27. The molecule has 0 aromatic heterocycles. The van der Waals surface area contributed by atoms with Crippen molar-refractivity contribution in [2.45, 2.75) is 31.1 Å². The minimum absolute atomic E-state index is 0. The summed E-state index contributed by atoms with van der Waals surface area (Å²) in [4.78, 5) is 4.01. The van der Waals surface area contributed by atoms with Gasteiger partial charge in [-0.05, 0) is 67.9 Å². The summed E-state index contributed by atoms with van der Waals surface area (Å²) in [6.45, 7) is 1.94. The van der Waals surface area contributed by atoms with Crippen LogP contribution in [0.25, 0.3) is 4.83 Å². The standard InChI is InChI=1S/C17H19N2O2S.Li/c1-9-2-4-13(5-3-9)22(20,21)19-18-17-12-7-10-6-11(8-12)15-14(10)16(15)17;/h2-5,10-12,14-16H,6-8H2,1H3;/q-1;+1/b18-17+;. The van der Waals surface area contributed by atoms with Crippen molar-refractivity contribution in [2.24, 2.45) is 40.6 Å². The fourth-order valence-corrected chi connectivity index (χ4v) is 6.30. The Morgan fingerprint density at radius 2 is 1.65 bits per heavy atom. The van der Waals surface area contributed by atoms with Gasteiger partial charge < -0.3 is 9.93 Å². The number of nitrogens with zero attached hydrogens (tertiary/aromatic N) is 2. The van der Waals surface area contributed by atoms with Crippen molar-refractivity contribution in [3.63, 3.8) is 0 Å². The first-order valence-corrected chi connectivity index (χ1v) is 9.60. The van der Waals surface area contributed by atoms with Crippen LogP contribution in [0.1, 0.15) is 24.8 Å². The molecule has 23 heavy (non-hydrogen) atoms. The zero-order chi connectivity index (χ0) is 15.1. The Morgan fingerprint density at radius 1 is 1.04 bits per heavy atom. The predicted octanol–water partition coefficient (Wildman–Crippen LogP) is 0.339. The molecule has 6 heteroatoms. The van der Waals surface area contributed by atoms with Gasteiger partial charge in [-0.1, -0.05) is 17.7 Å². The summed E-state index contributed by atoms with van der Waals surface area (Å²) in [7, 11) is -3.66. The van der Waals surface area contributed by atoms with Crippen molar-refractivity contribution in [1.29, 1.82) is 0 Å². The summed E-state index contributed by atoms with van der Waals surface area (Å²) in [6.07, 6.45) is 3.84. The molecule has 5 aliphatic carbocycles. The first kappa shape index (κ1) is 15.7. The third-order valence-electron chi connectivity index (χ3n) is 6.34. The molecule has 4 unspecified atom stereocenters. The second-order valence-electron chi connectivity index (χ2n) is 7.50. The van der Waals surface area contributed by atoms with Crippen LogP contribution in [-0.2, 0) is 10.0 Å². The van der Waals surface area contributed by atoms with Crippen molar-refractivity contribution in [2.75, 3.05) is 0 Å². The summed E-state index contributed by atoms with van der Waals surface area (Å²) >= 11 is 0. The first-order chi connectivity index (χ1) is 10.5. The molecule has 1 aromatic carbocycles. The van der Waals surface area contributed by atoms with E-state index >= 15 is 0 Å². The van der Waals surface area contributed by atoms with Crippen molar-refractivity contribution in [3.05, 3.63) is 34.7 Å². The van der Waals surface area contributed by atoms with E-state index in [4.69, 9.17) is 0 Å². The first-order valence-electron chi connectivity index (χ1n) is 8.16. The van der Waals surface area contributed by atoms with Crippen molar-refractivity contribution >= 4 is 15.7 Å². The topological polar surface area (TPSA) is 60.6 Å². The van der Waals surface area contributed by atoms with Gasteiger partial charge in [0, 0.05) is 11.6 Å². The molecule has 6 rings (SSSR count). The van der Waals surface area contributed by atoms with Crippen LogP contribution in [0.4, 0.5) is 0 Å². The molecule has 5 aliphatic rings. The van der Waals surface area contributed by atoms with Crippen molar-refractivity contribution < 1.29 is 27.3 Å². The van der Waals surface area contributed by atoms with Crippen LogP contribution < -0.4 is 18.9 Å². The van der Waals surface area contributed by atoms with Crippen LogP contribution in [0.5, 0.6) is 0 Å². The molecular weight excluding hydrogens is 303 g/mol. The monoisotopic (exact) mass is 322 g/mol. The molecule has 0 spiro atoms. The molecule has 1 aromatic rings. The van der Waals surface area contributed by atoms with Gasteiger partial charge in [-0.25, -0.2) is 8.42 Å². The quantitative estimate of drug-likeness (QED) is 0.595. The minimum Gasteiger partial charge on any atom is -0.491 e. The third-order valence-corrected chi connectivity index (χ3v) is 7.51. The van der Waals surface area contributed by atoms with E-state index in [0.29, 0.717) is 11.8 Å². The SMILES string of the molecule is Cc1ccc(S(=O)(=O)[N-]/N=C2\C3CC4CC(C3)C3C2C43)cc1.[Li+]. The molecule has 4 bridgehead atoms. The van der Waals surface area contributed by atoms with Crippen LogP contribution >= 0.6 is 0 Å². The number of hydrogen-bond acceptors (Lipinski definition) is 3. The molecule has 4 nitrogen and oxygen atoms in total. The summed E-state index contributed by atoms with van der Waals surface area (Å²) in [6, 6.07) is 6.80. The number of rotatable bonds is 3. The fraction of sp³-hybridized carbons (Fsp3) is 0.588. The molecule has 0 heterocycles. The van der Waals surface area contributed by atoms with Crippen molar-refractivity contribution in [3.8, 4) is 0 Å². The molecule has 4 atom stereocenters. The van der Waals surface area contributed by atoms with Gasteiger partial charge in [0.1, 0.15) is 10.0 Å². The normalized spacial score (nSPS) is 40.8. The van der Waals surface area contributed by atoms with E-state index in [9.17, 15) is 8.42 Å². The summed E-state index contributed by atoms with van der Waals surface area (Å²) < 4.78 is 24.6. The van der Waals surface area contributed by atoms with E-state index in [1.807, 2.05) is 6.92 Å². The fourth-order valence-electron chi connectivity index (χ4n) is 5.53. The Balaban J connectivity index is 0.00000135. The number of benzene rings is 1. The number of aryl methyl sites for hydroxylation is 1. The Hall–Kier alpha value is -0.763. The summed E-state index contributed by atoms with van der Waals surface area (Å²) in [5.74, 6) is 4.46. The van der Waals surface area contributed by atoms with Crippen LogP contribution in [-0.4, -0.2) is 14.1 Å². The molecule has 0 N–H and O–H groups in total. The molecule has 5 fully saturated rings. The van der Waals surface area contributed by atoms with E-state index in [2.05, 4.69) is 9.93 Å². The van der Waals surface area contributed by atoms with Crippen molar-refractivity contribution in [1.82, 2.24) is 0 Å². The second kappa shape index (κ2) is 5.11. The molecule has 5 saturated carbocycles. The molecule has 0 aliphatic heterocycles. The second-order valence-corrected chi connectivity index (χ2v) is 9.08. The molecule has 0 radical (unpaired) electrons. The van der Waals surface area contributed by atoms with E-state index in [1.54, 1.807) is 24.3 Å². The van der Waals surface area contributed by atoms with Gasteiger partial charge >= 0.3 is 18.9 Å². The average molecular weight is 322 g/mol. The van der Waals surface area contributed by atoms with Crippen LogP contribution in [0.2, 0.25) is 0 Å². The van der Waals surface area contributed by atoms with Gasteiger partial charge in [0.2, 0.25) is 0 Å². The van der Waals surface area contributed by atoms with Gasteiger partial charge in [0.15, 0.2) is 0 Å². The minimum atomic E-state index is -3.66. The number of hydrogen-bond donors (Lipinski definition) is 0. The predicted molar refractivity (Wildman–Crippen MR) is 83.9 cm³/mol. The largest absolute Gasteiger partial charge is 1.00 e. The average Bonchev–Trinajstić information content (AvgIpc) is 3.17. The Labute approximate surface area is 149 Å². The zero-order valence-electron chi connectivity index (χ0n) is 13.5. The maximum absolute atomic E-state index is 12.3. The van der Waals surface area contributed by atoms with Crippen LogP contribution in [0, 0.1) is 42.4 Å². The Morgan fingerprint density at radius 3 is 2.26 bits per heavy atom. The molecular formula is C17H19LiN2O2S. The van der Waals surface area contributed by atoms with Gasteiger partial charge in [-0.15, -0.1) is 0 Å². The summed E-state index contributed by atoms with van der Waals surface area (Å²) in [5.41, 5.74) is 2.13. The van der Waals surface area contributed by atoms with E-state index in [-0.39, 0.29) is 23.8 Å². The van der Waals surface area contributed by atoms with E-state index < -0.39 is 10.0 Å². The molecule has 0 saturated heterocycles. The molecule has 0 amide bonds. The van der Waals surface area contributed by atoms with Crippen LogP contribution in [0.15, 0.2) is 34.3 Å². The smallest absolute Gasteiger partial charge is 0.491 e. The van der Waals surface area contributed by atoms with Gasteiger partial charge in [-0.2, -0.15) is 0 Å². The zero-order valence-corrected chi connectivity index (χ0v) is 14.3. The third kappa shape index (κ3) is 2.24. The van der Waals surface area contributed by atoms with Crippen LogP contribution in [0.3, 0.4) is 0 Å². The Bertz CT molecular complexity index is 752. The maximum atomic E-state index is 12.3. The Kier molecular flexibility index (Phi) is 3.50. The van der Waals surface area contributed by atoms with Gasteiger partial charge in [0.05, 0.1) is 4.90 Å². The van der Waals surface area contributed by atoms with E-state index in [1.165, 1.54) is 19.3 Å². The maximum Gasteiger partial charge on any atom is 1.00 e. The van der Waals surface area contributed by atoms with E-state index in [0.717, 1.165) is 34.9 Å². The van der Waals surface area contributed by atoms with Gasteiger partial charge in [0.25, 0.3) is 0 Å². The number of sulfonamides is 1. The van der Waals surface area contributed by atoms with Gasteiger partial charge in [-0.3, -0.25) is 0 Å². The molecule has 116 valence electrons.